The average molecular weight is 446 g/mol. The number of fused-ring (bicyclic) bond motifs is 1. The van der Waals surface area contributed by atoms with Crippen LogP contribution in [-0.4, -0.2) is 38.0 Å². The maximum absolute atomic E-state index is 11.6. The molecule has 0 saturated carbocycles. The summed E-state index contributed by atoms with van der Waals surface area (Å²) in [4.78, 5) is 6.53. The molecule has 136 valence electrons. The first kappa shape index (κ1) is 18.9. The number of aromatic nitrogens is 1. The topological polar surface area (TPSA) is 50.3 Å². The lowest BCUT2D eigenvalue weighted by Crippen LogP contribution is -2.57. The van der Waals surface area contributed by atoms with E-state index >= 15 is 0 Å². The highest BCUT2D eigenvalue weighted by Gasteiger charge is 2.39. The van der Waals surface area contributed by atoms with Crippen molar-refractivity contribution in [2.45, 2.75) is 32.7 Å². The van der Waals surface area contributed by atoms with Gasteiger partial charge < -0.3 is 4.90 Å². The third kappa shape index (κ3) is 3.67. The van der Waals surface area contributed by atoms with E-state index in [1.165, 1.54) is 11.8 Å². The Balaban J connectivity index is 2.06. The maximum Gasteiger partial charge on any atom is 0.147 e. The standard InChI is InChI=1S/C18H22BrClN2O2S/c1-10(2)13-5-16(19)18(15-7-21-17(20)6-14(13)15)22-8-12(11(22)3)9-25(4,23)24/h5-7,10-12H,8-9H2,1-4H3/t11-,12-/m1/s1. The largest absolute Gasteiger partial charge is 0.367 e. The summed E-state index contributed by atoms with van der Waals surface area (Å²) in [5.41, 5.74) is 2.29. The van der Waals surface area contributed by atoms with E-state index in [2.05, 4.69) is 52.7 Å². The molecule has 1 aromatic carbocycles. The van der Waals surface area contributed by atoms with E-state index < -0.39 is 9.84 Å². The first-order valence-corrected chi connectivity index (χ1v) is 11.5. The molecular formula is C18H22BrClN2O2S. The zero-order chi connectivity index (χ0) is 18.5. The molecule has 0 aliphatic carbocycles. The van der Waals surface area contributed by atoms with Gasteiger partial charge in [-0.15, -0.1) is 0 Å². The molecular weight excluding hydrogens is 424 g/mol. The fourth-order valence-corrected chi connectivity index (χ4v) is 5.61. The van der Waals surface area contributed by atoms with Crippen LogP contribution >= 0.6 is 27.5 Å². The molecule has 0 N–H and O–H groups in total. The van der Waals surface area contributed by atoms with Gasteiger partial charge in [-0.25, -0.2) is 13.4 Å². The zero-order valence-electron chi connectivity index (χ0n) is 14.8. The Morgan fingerprint density at radius 3 is 2.60 bits per heavy atom. The SMILES string of the molecule is CC(C)c1cc(Br)c(N2C[C@H](CS(C)(=O)=O)[C@H]2C)c2cnc(Cl)cc12. The molecule has 2 aromatic rings. The van der Waals surface area contributed by atoms with Gasteiger partial charge in [0.25, 0.3) is 0 Å². The summed E-state index contributed by atoms with van der Waals surface area (Å²) in [6.07, 6.45) is 3.12. The third-order valence-corrected chi connectivity index (χ3v) is 6.82. The van der Waals surface area contributed by atoms with Gasteiger partial charge in [-0.1, -0.05) is 25.4 Å². The molecule has 1 saturated heterocycles. The van der Waals surface area contributed by atoms with Crippen LogP contribution in [0.5, 0.6) is 0 Å². The van der Waals surface area contributed by atoms with Crippen LogP contribution < -0.4 is 4.90 Å². The van der Waals surface area contributed by atoms with Gasteiger partial charge >= 0.3 is 0 Å². The molecule has 1 aromatic heterocycles. The monoisotopic (exact) mass is 444 g/mol. The Morgan fingerprint density at radius 2 is 2.04 bits per heavy atom. The molecule has 0 bridgehead atoms. The van der Waals surface area contributed by atoms with Gasteiger partial charge in [-0.2, -0.15) is 0 Å². The van der Waals surface area contributed by atoms with Gasteiger partial charge in [-0.3, -0.25) is 0 Å². The normalized spacial score (nSPS) is 21.0. The lowest BCUT2D eigenvalue weighted by molar-refractivity contribution is 0.341. The summed E-state index contributed by atoms with van der Waals surface area (Å²) < 4.78 is 24.2. The van der Waals surface area contributed by atoms with E-state index in [9.17, 15) is 8.42 Å². The Hall–Kier alpha value is -0.850. The number of anilines is 1. The zero-order valence-corrected chi connectivity index (χ0v) is 17.9. The van der Waals surface area contributed by atoms with Crippen molar-refractivity contribution in [3.8, 4) is 0 Å². The van der Waals surface area contributed by atoms with Gasteiger partial charge in [0, 0.05) is 40.8 Å². The maximum atomic E-state index is 11.6. The molecule has 0 unspecified atom stereocenters. The van der Waals surface area contributed by atoms with Crippen LogP contribution in [0.25, 0.3) is 10.8 Å². The van der Waals surface area contributed by atoms with Crippen molar-refractivity contribution in [2.75, 3.05) is 23.5 Å². The summed E-state index contributed by atoms with van der Waals surface area (Å²) in [7, 11) is -2.97. The molecule has 1 fully saturated rings. The first-order chi connectivity index (χ1) is 11.6. The first-order valence-electron chi connectivity index (χ1n) is 8.30. The highest BCUT2D eigenvalue weighted by Crippen LogP contribution is 2.44. The number of pyridine rings is 1. The van der Waals surface area contributed by atoms with E-state index in [0.29, 0.717) is 11.1 Å². The van der Waals surface area contributed by atoms with Gasteiger partial charge in [-0.05, 0) is 51.9 Å². The van der Waals surface area contributed by atoms with Crippen LogP contribution in [0.4, 0.5) is 5.69 Å². The van der Waals surface area contributed by atoms with E-state index in [1.807, 2.05) is 12.3 Å². The van der Waals surface area contributed by atoms with Gasteiger partial charge in [0.2, 0.25) is 0 Å². The molecule has 2 heterocycles. The van der Waals surface area contributed by atoms with Crippen molar-refractivity contribution in [2.24, 2.45) is 5.92 Å². The van der Waals surface area contributed by atoms with Gasteiger partial charge in [0.05, 0.1) is 11.4 Å². The average Bonchev–Trinajstić information content (AvgIpc) is 2.50. The van der Waals surface area contributed by atoms with Crippen molar-refractivity contribution in [3.63, 3.8) is 0 Å². The number of benzene rings is 1. The Morgan fingerprint density at radius 1 is 1.36 bits per heavy atom. The summed E-state index contributed by atoms with van der Waals surface area (Å²) >= 11 is 9.85. The second-order valence-electron chi connectivity index (χ2n) is 7.25. The van der Waals surface area contributed by atoms with Crippen molar-refractivity contribution in [1.29, 1.82) is 0 Å². The molecule has 1 aliphatic heterocycles. The predicted molar refractivity (Wildman–Crippen MR) is 109 cm³/mol. The molecule has 7 heteroatoms. The Bertz CT molecular complexity index is 930. The summed E-state index contributed by atoms with van der Waals surface area (Å²) in [5.74, 6) is 0.745. The summed E-state index contributed by atoms with van der Waals surface area (Å²) in [6.45, 7) is 7.12. The van der Waals surface area contributed by atoms with Crippen molar-refractivity contribution in [1.82, 2.24) is 4.98 Å². The molecule has 25 heavy (non-hydrogen) atoms. The van der Waals surface area contributed by atoms with E-state index in [-0.39, 0.29) is 17.7 Å². The number of hydrogen-bond acceptors (Lipinski definition) is 4. The van der Waals surface area contributed by atoms with E-state index in [4.69, 9.17) is 11.6 Å². The van der Waals surface area contributed by atoms with Gasteiger partial charge in [0.15, 0.2) is 0 Å². The Kier molecular flexibility index (Phi) is 5.08. The summed E-state index contributed by atoms with van der Waals surface area (Å²) in [5, 5.41) is 2.63. The van der Waals surface area contributed by atoms with Crippen LogP contribution in [0.3, 0.4) is 0 Å². The van der Waals surface area contributed by atoms with Crippen molar-refractivity contribution < 1.29 is 8.42 Å². The fourth-order valence-electron chi connectivity index (χ4n) is 3.60. The second-order valence-corrected chi connectivity index (χ2v) is 10.7. The highest BCUT2D eigenvalue weighted by atomic mass is 79.9. The lowest BCUT2D eigenvalue weighted by atomic mass is 9.89. The minimum absolute atomic E-state index is 0.155. The fraction of sp³-hybridized carbons (Fsp3) is 0.500. The minimum Gasteiger partial charge on any atom is -0.367 e. The number of hydrogen-bond donors (Lipinski definition) is 0. The minimum atomic E-state index is -2.97. The number of sulfone groups is 1. The smallest absolute Gasteiger partial charge is 0.147 e. The number of rotatable bonds is 4. The third-order valence-electron chi connectivity index (χ3n) is 4.98. The second kappa shape index (κ2) is 6.71. The molecule has 1 aliphatic rings. The number of nitrogens with zero attached hydrogens (tertiary/aromatic N) is 2. The molecule has 0 radical (unpaired) electrons. The van der Waals surface area contributed by atoms with Crippen LogP contribution in [0.15, 0.2) is 22.8 Å². The predicted octanol–water partition coefficient (Wildman–Crippen LogP) is 4.64. The molecule has 2 atom stereocenters. The number of halogens is 2. The highest BCUT2D eigenvalue weighted by molar-refractivity contribution is 9.10. The van der Waals surface area contributed by atoms with E-state index in [0.717, 1.165) is 27.5 Å². The summed E-state index contributed by atoms with van der Waals surface area (Å²) in [6, 6.07) is 4.23. The van der Waals surface area contributed by atoms with Crippen LogP contribution in [-0.2, 0) is 9.84 Å². The van der Waals surface area contributed by atoms with Crippen LogP contribution in [0.1, 0.15) is 32.3 Å². The molecule has 4 nitrogen and oxygen atoms in total. The lowest BCUT2D eigenvalue weighted by Gasteiger charge is -2.48. The van der Waals surface area contributed by atoms with Gasteiger partial charge in [0.1, 0.15) is 15.0 Å². The molecule has 0 amide bonds. The molecule has 0 spiro atoms. The quantitative estimate of drug-likeness (QED) is 0.643. The van der Waals surface area contributed by atoms with E-state index in [1.54, 1.807) is 0 Å². The van der Waals surface area contributed by atoms with Crippen LogP contribution in [0, 0.1) is 5.92 Å². The van der Waals surface area contributed by atoms with Crippen molar-refractivity contribution in [3.05, 3.63) is 33.5 Å². The molecule has 3 rings (SSSR count). The van der Waals surface area contributed by atoms with Crippen LogP contribution in [0.2, 0.25) is 5.15 Å². The van der Waals surface area contributed by atoms with Crippen molar-refractivity contribution >= 4 is 53.8 Å². The Labute approximate surface area is 162 Å².